The quantitative estimate of drug-likeness (QED) is 0.639. The average Bonchev–Trinajstić information content (AvgIpc) is 3.64. The van der Waals surface area contributed by atoms with E-state index in [1.807, 2.05) is 4.90 Å². The molecule has 5 rings (SSSR count). The van der Waals surface area contributed by atoms with Crippen LogP contribution in [0.4, 0.5) is 10.7 Å². The fourth-order valence-electron chi connectivity index (χ4n) is 5.01. The number of hydrogen-bond acceptors (Lipinski definition) is 8. The lowest BCUT2D eigenvalue weighted by Gasteiger charge is -2.34. The molecule has 3 aliphatic rings. The third-order valence-corrected chi connectivity index (χ3v) is 6.84. The Morgan fingerprint density at radius 2 is 1.97 bits per heavy atom. The highest BCUT2D eigenvalue weighted by Gasteiger charge is 2.52. The molecule has 1 saturated carbocycles. The predicted octanol–water partition coefficient (Wildman–Crippen LogP) is 2.10. The Labute approximate surface area is 196 Å². The Morgan fingerprint density at radius 3 is 2.65 bits per heavy atom. The minimum absolute atomic E-state index is 0.0170. The van der Waals surface area contributed by atoms with Crippen molar-refractivity contribution in [3.05, 3.63) is 24.1 Å². The number of piperazine rings is 1. The second-order valence-electron chi connectivity index (χ2n) is 8.91. The summed E-state index contributed by atoms with van der Waals surface area (Å²) in [5.74, 6) is 0.901. The van der Waals surface area contributed by atoms with Crippen LogP contribution >= 0.6 is 0 Å². The summed E-state index contributed by atoms with van der Waals surface area (Å²) in [5, 5.41) is 12.3. The van der Waals surface area contributed by atoms with Gasteiger partial charge in [0.15, 0.2) is 5.76 Å². The molecule has 11 heteroatoms. The van der Waals surface area contributed by atoms with Crippen molar-refractivity contribution in [2.24, 2.45) is 0 Å². The Morgan fingerprint density at radius 1 is 1.21 bits per heavy atom. The number of nitriles is 1. The van der Waals surface area contributed by atoms with Crippen molar-refractivity contribution in [1.82, 2.24) is 20.1 Å². The molecule has 11 nitrogen and oxygen atoms in total. The molecule has 4 heterocycles. The van der Waals surface area contributed by atoms with Crippen molar-refractivity contribution in [2.75, 3.05) is 37.6 Å². The van der Waals surface area contributed by atoms with Crippen molar-refractivity contribution in [3.63, 3.8) is 0 Å². The van der Waals surface area contributed by atoms with Crippen LogP contribution in [0, 0.1) is 11.3 Å². The van der Waals surface area contributed by atoms with Crippen LogP contribution in [0.25, 0.3) is 11.7 Å². The van der Waals surface area contributed by atoms with Crippen molar-refractivity contribution < 1.29 is 23.2 Å². The third-order valence-electron chi connectivity index (χ3n) is 6.84. The maximum Gasteiger partial charge on any atom is 0.325 e. The van der Waals surface area contributed by atoms with Crippen molar-refractivity contribution in [3.8, 4) is 17.7 Å². The zero-order valence-electron chi connectivity index (χ0n) is 18.8. The molecule has 4 amide bonds. The van der Waals surface area contributed by atoms with E-state index in [2.05, 4.69) is 16.4 Å². The number of carbonyl (C=O) groups is 3. The molecule has 1 N–H and O–H groups in total. The van der Waals surface area contributed by atoms with Crippen LogP contribution in [0.2, 0.25) is 0 Å². The zero-order chi connectivity index (χ0) is 23.7. The Hall–Kier alpha value is -3.81. The summed E-state index contributed by atoms with van der Waals surface area (Å²) in [6.45, 7) is 2.21. The standard InChI is InChI=1S/C23H26N6O5/c24-15-16-20(34-19(25-16)17-5-4-14-33-17)28-12-10-27(11-13-28)18(30)6-3-9-29-21(31)23(26-22(29)32)7-1-2-8-23/h4-5,14H,1-3,6-13H2,(H,26,32). The van der Waals surface area contributed by atoms with E-state index in [1.54, 1.807) is 17.0 Å². The van der Waals surface area contributed by atoms with Gasteiger partial charge in [0.1, 0.15) is 11.6 Å². The van der Waals surface area contributed by atoms with Gasteiger partial charge in [-0.2, -0.15) is 10.2 Å². The molecular weight excluding hydrogens is 440 g/mol. The van der Waals surface area contributed by atoms with E-state index in [1.165, 1.54) is 11.2 Å². The van der Waals surface area contributed by atoms with Crippen LogP contribution in [-0.2, 0) is 9.59 Å². The summed E-state index contributed by atoms with van der Waals surface area (Å²) in [4.78, 5) is 46.8. The molecule has 2 aliphatic heterocycles. The lowest BCUT2D eigenvalue weighted by molar-refractivity contribution is -0.133. The number of amides is 4. The maximum atomic E-state index is 12.7. The topological polar surface area (TPSA) is 136 Å². The minimum Gasteiger partial charge on any atom is -0.459 e. The zero-order valence-corrected chi connectivity index (χ0v) is 18.8. The maximum absolute atomic E-state index is 12.7. The number of hydrogen-bond donors (Lipinski definition) is 1. The number of oxazole rings is 1. The second kappa shape index (κ2) is 8.85. The molecule has 0 unspecified atom stereocenters. The first kappa shape index (κ1) is 22.0. The van der Waals surface area contributed by atoms with Crippen LogP contribution in [0.15, 0.2) is 27.2 Å². The Bertz CT molecular complexity index is 1120. The molecule has 2 aromatic heterocycles. The van der Waals surface area contributed by atoms with Gasteiger partial charge in [-0.1, -0.05) is 12.8 Å². The summed E-state index contributed by atoms with van der Waals surface area (Å²) >= 11 is 0. The van der Waals surface area contributed by atoms with Crippen molar-refractivity contribution >= 4 is 23.7 Å². The lowest BCUT2D eigenvalue weighted by Crippen LogP contribution is -2.49. The molecule has 2 saturated heterocycles. The van der Waals surface area contributed by atoms with Gasteiger partial charge in [-0.05, 0) is 31.4 Å². The first-order valence-electron chi connectivity index (χ1n) is 11.6. The minimum atomic E-state index is -0.711. The predicted molar refractivity (Wildman–Crippen MR) is 118 cm³/mol. The molecule has 2 aromatic rings. The van der Waals surface area contributed by atoms with Gasteiger partial charge in [0.05, 0.1) is 6.26 Å². The van der Waals surface area contributed by atoms with E-state index in [4.69, 9.17) is 8.83 Å². The highest BCUT2D eigenvalue weighted by molar-refractivity contribution is 6.07. The number of aromatic nitrogens is 1. The average molecular weight is 466 g/mol. The largest absolute Gasteiger partial charge is 0.459 e. The second-order valence-corrected chi connectivity index (χ2v) is 8.91. The molecule has 0 aromatic carbocycles. The number of urea groups is 1. The fourth-order valence-corrected chi connectivity index (χ4v) is 5.01. The summed E-state index contributed by atoms with van der Waals surface area (Å²) < 4.78 is 11.1. The Kier molecular flexibility index (Phi) is 5.73. The van der Waals surface area contributed by atoms with E-state index in [0.717, 1.165) is 12.8 Å². The first-order valence-corrected chi connectivity index (χ1v) is 11.6. The molecular formula is C23H26N6O5. The number of nitrogens with zero attached hydrogens (tertiary/aromatic N) is 5. The molecule has 1 aliphatic carbocycles. The molecule has 1 spiro atoms. The molecule has 0 radical (unpaired) electrons. The molecule has 0 atom stereocenters. The van der Waals surface area contributed by atoms with Crippen LogP contribution in [-0.4, -0.2) is 70.9 Å². The Balaban J connectivity index is 1.12. The summed E-state index contributed by atoms with van der Waals surface area (Å²) in [7, 11) is 0. The van der Waals surface area contributed by atoms with Gasteiger partial charge < -0.3 is 24.0 Å². The van der Waals surface area contributed by atoms with Gasteiger partial charge in [0.25, 0.3) is 11.8 Å². The summed E-state index contributed by atoms with van der Waals surface area (Å²) in [6, 6.07) is 5.14. The van der Waals surface area contributed by atoms with Gasteiger partial charge >= 0.3 is 6.03 Å². The normalized spacial score (nSPS) is 19.7. The molecule has 3 fully saturated rings. The summed E-state index contributed by atoms with van der Waals surface area (Å²) in [5.41, 5.74) is -0.531. The monoisotopic (exact) mass is 466 g/mol. The van der Waals surface area contributed by atoms with Gasteiger partial charge in [-0.15, -0.1) is 0 Å². The smallest absolute Gasteiger partial charge is 0.325 e. The van der Waals surface area contributed by atoms with Crippen LogP contribution in [0.3, 0.4) is 0 Å². The van der Waals surface area contributed by atoms with Gasteiger partial charge in [0.2, 0.25) is 17.5 Å². The van der Waals surface area contributed by atoms with Gasteiger partial charge in [-0.25, -0.2) is 4.79 Å². The third kappa shape index (κ3) is 3.89. The highest BCUT2D eigenvalue weighted by atomic mass is 16.4. The number of furan rings is 1. The van der Waals surface area contributed by atoms with E-state index < -0.39 is 5.54 Å². The summed E-state index contributed by atoms with van der Waals surface area (Å²) in [6.07, 6.45) is 5.48. The first-order chi connectivity index (χ1) is 16.5. The number of carbonyl (C=O) groups excluding carboxylic acids is 3. The number of nitrogens with one attached hydrogen (secondary N) is 1. The molecule has 34 heavy (non-hydrogen) atoms. The van der Waals surface area contributed by atoms with Gasteiger partial charge in [0, 0.05) is 39.1 Å². The van der Waals surface area contributed by atoms with Crippen LogP contribution in [0.5, 0.6) is 0 Å². The van der Waals surface area contributed by atoms with E-state index >= 15 is 0 Å². The van der Waals surface area contributed by atoms with Crippen molar-refractivity contribution in [2.45, 2.75) is 44.1 Å². The van der Waals surface area contributed by atoms with E-state index in [9.17, 15) is 19.6 Å². The van der Waals surface area contributed by atoms with Crippen LogP contribution in [0.1, 0.15) is 44.2 Å². The number of rotatable bonds is 6. The van der Waals surface area contributed by atoms with E-state index in [0.29, 0.717) is 57.1 Å². The van der Waals surface area contributed by atoms with Crippen molar-refractivity contribution in [1.29, 1.82) is 5.26 Å². The SMILES string of the molecule is N#Cc1nc(-c2ccco2)oc1N1CCN(C(=O)CCCN2C(=O)NC3(CCCC3)C2=O)CC1. The molecule has 178 valence electrons. The lowest BCUT2D eigenvalue weighted by atomic mass is 9.98. The molecule has 0 bridgehead atoms. The van der Waals surface area contributed by atoms with Crippen LogP contribution < -0.4 is 10.2 Å². The number of anilines is 1. The highest BCUT2D eigenvalue weighted by Crippen LogP contribution is 2.35. The van der Waals surface area contributed by atoms with Gasteiger partial charge in [-0.3, -0.25) is 14.5 Å². The number of imide groups is 1. The fraction of sp³-hybridized carbons (Fsp3) is 0.522. The van der Waals surface area contributed by atoms with E-state index in [-0.39, 0.29) is 42.4 Å².